The Labute approximate surface area is 201 Å². The number of aromatic nitrogens is 2. The first kappa shape index (κ1) is 23.1. The Bertz CT molecular complexity index is 1260. The standard InChI is InChI=1S/C26H25F2N5O2/c1-16-10-18-13-32(14-22(16)33(18)23-8-7-17(11-29)12-31-23)24(34)15-35-25(26(27)28)20-4-2-6-21-19(20)5-3-9-30-21/h2-9,12,16,18,22,25-26H,10,13-15H2,1H3/t16-,18?,22?,25?/m0/s1. The van der Waals surface area contributed by atoms with Crippen LogP contribution in [0.4, 0.5) is 14.6 Å². The smallest absolute Gasteiger partial charge is 0.268 e. The molecule has 2 aliphatic rings. The monoisotopic (exact) mass is 477 g/mol. The van der Waals surface area contributed by atoms with Gasteiger partial charge in [-0.05, 0) is 42.2 Å². The number of carbonyl (C=O) groups excluding carboxylic acids is 1. The molecule has 4 heterocycles. The quantitative estimate of drug-likeness (QED) is 0.535. The molecular formula is C26H25F2N5O2. The van der Waals surface area contributed by atoms with E-state index < -0.39 is 19.1 Å². The zero-order valence-corrected chi connectivity index (χ0v) is 19.2. The van der Waals surface area contributed by atoms with Crippen molar-refractivity contribution in [2.24, 2.45) is 5.92 Å². The molecule has 2 bridgehead atoms. The van der Waals surface area contributed by atoms with E-state index in [0.717, 1.165) is 12.2 Å². The summed E-state index contributed by atoms with van der Waals surface area (Å²) >= 11 is 0. The van der Waals surface area contributed by atoms with Crippen LogP contribution in [0.1, 0.15) is 30.6 Å². The number of hydrogen-bond acceptors (Lipinski definition) is 6. The van der Waals surface area contributed by atoms with Gasteiger partial charge in [-0.3, -0.25) is 9.78 Å². The number of ether oxygens (including phenoxy) is 1. The minimum atomic E-state index is -2.79. The summed E-state index contributed by atoms with van der Waals surface area (Å²) in [7, 11) is 0. The molecule has 0 spiro atoms. The largest absolute Gasteiger partial charge is 0.358 e. The second-order valence-electron chi connectivity index (χ2n) is 9.14. The molecule has 0 radical (unpaired) electrons. The molecule has 2 saturated heterocycles. The predicted molar refractivity (Wildman–Crippen MR) is 126 cm³/mol. The van der Waals surface area contributed by atoms with Gasteiger partial charge in [-0.15, -0.1) is 0 Å². The highest BCUT2D eigenvalue weighted by atomic mass is 19.3. The number of benzene rings is 1. The summed E-state index contributed by atoms with van der Waals surface area (Å²) < 4.78 is 33.5. The summed E-state index contributed by atoms with van der Waals surface area (Å²) in [6, 6.07) is 14.2. The third-order valence-corrected chi connectivity index (χ3v) is 6.99. The van der Waals surface area contributed by atoms with Gasteiger partial charge in [0.25, 0.3) is 6.43 Å². The Balaban J connectivity index is 1.28. The zero-order valence-electron chi connectivity index (χ0n) is 19.2. The van der Waals surface area contributed by atoms with Crippen molar-refractivity contribution in [1.82, 2.24) is 14.9 Å². The summed E-state index contributed by atoms with van der Waals surface area (Å²) in [5, 5.41) is 9.62. The molecule has 35 heavy (non-hydrogen) atoms. The van der Waals surface area contributed by atoms with Crippen LogP contribution in [-0.2, 0) is 9.53 Å². The molecule has 5 rings (SSSR count). The van der Waals surface area contributed by atoms with Gasteiger partial charge in [0.15, 0.2) is 0 Å². The minimum absolute atomic E-state index is 0.0631. The molecule has 0 N–H and O–H groups in total. The molecule has 180 valence electrons. The summed E-state index contributed by atoms with van der Waals surface area (Å²) in [6.45, 7) is 2.67. The van der Waals surface area contributed by atoms with Crippen molar-refractivity contribution in [2.75, 3.05) is 24.6 Å². The number of rotatable bonds is 6. The van der Waals surface area contributed by atoms with Gasteiger partial charge >= 0.3 is 0 Å². The fraction of sp³-hybridized carbons (Fsp3) is 0.385. The van der Waals surface area contributed by atoms with Crippen LogP contribution < -0.4 is 4.90 Å². The second kappa shape index (κ2) is 9.55. The molecule has 2 fully saturated rings. The fourth-order valence-corrected chi connectivity index (χ4v) is 5.32. The Hall–Kier alpha value is -3.64. The number of fused-ring (bicyclic) bond motifs is 3. The highest BCUT2D eigenvalue weighted by molar-refractivity contribution is 5.82. The molecule has 3 aromatic rings. The van der Waals surface area contributed by atoms with Crippen LogP contribution in [0.15, 0.2) is 54.9 Å². The van der Waals surface area contributed by atoms with Crippen LogP contribution in [0, 0.1) is 17.2 Å². The Morgan fingerprint density at radius 3 is 2.77 bits per heavy atom. The van der Waals surface area contributed by atoms with Crippen molar-refractivity contribution < 1.29 is 18.3 Å². The average molecular weight is 478 g/mol. The minimum Gasteiger partial charge on any atom is -0.358 e. The lowest BCUT2D eigenvalue weighted by Crippen LogP contribution is -2.57. The van der Waals surface area contributed by atoms with E-state index in [9.17, 15) is 13.6 Å². The van der Waals surface area contributed by atoms with Crippen LogP contribution in [0.2, 0.25) is 0 Å². The number of amides is 1. The van der Waals surface area contributed by atoms with Gasteiger partial charge < -0.3 is 14.5 Å². The molecule has 1 aromatic carbocycles. The molecule has 2 aliphatic heterocycles. The van der Waals surface area contributed by atoms with E-state index in [1.165, 1.54) is 0 Å². The number of halogens is 2. The van der Waals surface area contributed by atoms with E-state index in [-0.39, 0.29) is 18.0 Å². The number of piperazine rings is 1. The third kappa shape index (κ3) is 4.42. The van der Waals surface area contributed by atoms with Crippen molar-refractivity contribution in [2.45, 2.75) is 38.0 Å². The van der Waals surface area contributed by atoms with Crippen molar-refractivity contribution in [1.29, 1.82) is 5.26 Å². The third-order valence-electron chi connectivity index (χ3n) is 6.99. The van der Waals surface area contributed by atoms with Crippen LogP contribution in [0.3, 0.4) is 0 Å². The summed E-state index contributed by atoms with van der Waals surface area (Å²) in [4.78, 5) is 25.6. The number of carbonyl (C=O) groups is 1. The zero-order chi connectivity index (χ0) is 24.5. The number of nitriles is 1. The number of alkyl halides is 2. The predicted octanol–water partition coefficient (Wildman–Crippen LogP) is 3.95. The van der Waals surface area contributed by atoms with Gasteiger partial charge in [0.2, 0.25) is 5.91 Å². The molecule has 9 heteroatoms. The maximum Gasteiger partial charge on any atom is 0.268 e. The first-order valence-corrected chi connectivity index (χ1v) is 11.6. The van der Waals surface area contributed by atoms with Crippen LogP contribution >= 0.6 is 0 Å². The topological polar surface area (TPSA) is 82.4 Å². The molecule has 0 saturated carbocycles. The van der Waals surface area contributed by atoms with Gasteiger partial charge in [-0.25, -0.2) is 13.8 Å². The van der Waals surface area contributed by atoms with Crippen molar-refractivity contribution >= 4 is 22.6 Å². The average Bonchev–Trinajstić information content (AvgIpc) is 3.07. The summed E-state index contributed by atoms with van der Waals surface area (Å²) in [5.74, 6) is 0.827. The van der Waals surface area contributed by atoms with Crippen LogP contribution in [0.5, 0.6) is 0 Å². The van der Waals surface area contributed by atoms with E-state index in [1.54, 1.807) is 53.7 Å². The summed E-state index contributed by atoms with van der Waals surface area (Å²) in [6.07, 6.45) is -0.246. The van der Waals surface area contributed by atoms with Crippen LogP contribution in [0.25, 0.3) is 10.9 Å². The van der Waals surface area contributed by atoms with Crippen LogP contribution in [-0.4, -0.2) is 59.0 Å². The van der Waals surface area contributed by atoms with E-state index in [0.29, 0.717) is 41.0 Å². The Morgan fingerprint density at radius 2 is 2.06 bits per heavy atom. The molecule has 0 aliphatic carbocycles. The maximum atomic E-state index is 14.0. The molecule has 3 unspecified atom stereocenters. The van der Waals surface area contributed by atoms with Gasteiger partial charge in [0, 0.05) is 36.9 Å². The van der Waals surface area contributed by atoms with Crippen molar-refractivity contribution in [3.05, 3.63) is 66.0 Å². The number of pyridine rings is 2. The maximum absolute atomic E-state index is 14.0. The molecule has 4 atom stereocenters. The molecular weight excluding hydrogens is 452 g/mol. The molecule has 7 nitrogen and oxygen atoms in total. The number of likely N-dealkylation sites (tertiary alicyclic amines) is 1. The highest BCUT2D eigenvalue weighted by Crippen LogP contribution is 2.38. The number of nitrogens with zero attached hydrogens (tertiary/aromatic N) is 5. The van der Waals surface area contributed by atoms with E-state index in [4.69, 9.17) is 10.00 Å². The van der Waals surface area contributed by atoms with Crippen molar-refractivity contribution in [3.63, 3.8) is 0 Å². The van der Waals surface area contributed by atoms with Gasteiger partial charge in [0.1, 0.15) is 24.6 Å². The van der Waals surface area contributed by atoms with E-state index >= 15 is 0 Å². The van der Waals surface area contributed by atoms with Gasteiger partial charge in [-0.2, -0.15) is 5.26 Å². The molecule has 1 amide bonds. The summed E-state index contributed by atoms with van der Waals surface area (Å²) in [5.41, 5.74) is 1.42. The normalized spacial score (nSPS) is 22.4. The number of hydrogen-bond donors (Lipinski definition) is 0. The lowest BCUT2D eigenvalue weighted by molar-refractivity contribution is -0.143. The lowest BCUT2D eigenvalue weighted by atomic mass is 10.0. The molecule has 2 aromatic heterocycles. The Morgan fingerprint density at radius 1 is 1.20 bits per heavy atom. The highest BCUT2D eigenvalue weighted by Gasteiger charge is 2.46. The van der Waals surface area contributed by atoms with Gasteiger partial charge in [0.05, 0.1) is 17.1 Å². The van der Waals surface area contributed by atoms with Crippen molar-refractivity contribution in [3.8, 4) is 6.07 Å². The van der Waals surface area contributed by atoms with E-state index in [1.807, 2.05) is 6.07 Å². The first-order valence-electron chi connectivity index (χ1n) is 11.6. The van der Waals surface area contributed by atoms with Gasteiger partial charge in [-0.1, -0.05) is 25.1 Å². The first-order chi connectivity index (χ1) is 17.0. The number of anilines is 1. The second-order valence-corrected chi connectivity index (χ2v) is 9.14. The fourth-order valence-electron chi connectivity index (χ4n) is 5.32. The lowest BCUT2D eigenvalue weighted by Gasteiger charge is -2.42. The SMILES string of the molecule is C[C@H]1CC2CN(C(=O)COC(c3cccc4ncccc34)C(F)F)CC1N2c1ccc(C#N)cn1. The van der Waals surface area contributed by atoms with E-state index in [2.05, 4.69) is 27.9 Å². The Kier molecular flexibility index (Phi) is 6.31.